The fraction of sp³-hybridized carbons (Fsp3) is 0.438. The Bertz CT molecular complexity index is 677. The van der Waals surface area contributed by atoms with Crippen molar-refractivity contribution < 1.29 is 4.79 Å². The van der Waals surface area contributed by atoms with Crippen LogP contribution < -0.4 is 0 Å². The van der Waals surface area contributed by atoms with E-state index in [1.165, 1.54) is 22.9 Å². The van der Waals surface area contributed by atoms with Gasteiger partial charge in [-0.05, 0) is 38.3 Å². The lowest BCUT2D eigenvalue weighted by Crippen LogP contribution is -2.29. The average molecular weight is 316 g/mol. The fourth-order valence-electron chi connectivity index (χ4n) is 2.75. The van der Waals surface area contributed by atoms with Gasteiger partial charge in [0.15, 0.2) is 5.16 Å². The summed E-state index contributed by atoms with van der Waals surface area (Å²) in [6.45, 7) is 5.94. The van der Waals surface area contributed by atoms with Crippen molar-refractivity contribution in [3.8, 4) is 5.69 Å². The summed E-state index contributed by atoms with van der Waals surface area (Å²) in [6, 6.07) is 6.28. The van der Waals surface area contributed by atoms with Gasteiger partial charge in [0.05, 0.1) is 11.4 Å². The van der Waals surface area contributed by atoms with E-state index in [1.54, 1.807) is 6.33 Å². The van der Waals surface area contributed by atoms with E-state index >= 15 is 0 Å². The van der Waals surface area contributed by atoms with E-state index in [1.807, 2.05) is 9.47 Å². The van der Waals surface area contributed by atoms with E-state index in [9.17, 15) is 4.79 Å². The standard InChI is InChI=1S/C16H20N4OS/c1-12-5-6-14(13(2)9-12)20-11-17-18-16(20)22-10-15(21)19-7-3-4-8-19/h5-6,9,11H,3-4,7-8,10H2,1-2H3. The van der Waals surface area contributed by atoms with Crippen LogP contribution in [-0.4, -0.2) is 44.4 Å². The Morgan fingerprint density at radius 3 is 2.77 bits per heavy atom. The van der Waals surface area contributed by atoms with Gasteiger partial charge < -0.3 is 4.90 Å². The molecule has 0 radical (unpaired) electrons. The summed E-state index contributed by atoms with van der Waals surface area (Å²) < 4.78 is 1.96. The van der Waals surface area contributed by atoms with Gasteiger partial charge in [-0.25, -0.2) is 0 Å². The van der Waals surface area contributed by atoms with Crippen LogP contribution in [0.25, 0.3) is 5.69 Å². The van der Waals surface area contributed by atoms with Crippen LogP contribution in [0.3, 0.4) is 0 Å². The van der Waals surface area contributed by atoms with Crippen LogP contribution in [0.5, 0.6) is 0 Å². The Balaban J connectivity index is 1.73. The molecule has 2 aromatic rings. The number of benzene rings is 1. The van der Waals surface area contributed by atoms with Crippen molar-refractivity contribution in [1.82, 2.24) is 19.7 Å². The molecule has 1 fully saturated rings. The van der Waals surface area contributed by atoms with E-state index < -0.39 is 0 Å². The summed E-state index contributed by atoms with van der Waals surface area (Å²) in [5.74, 6) is 0.613. The van der Waals surface area contributed by atoms with Crippen molar-refractivity contribution in [2.75, 3.05) is 18.8 Å². The molecular formula is C16H20N4OS. The molecule has 5 nitrogen and oxygen atoms in total. The van der Waals surface area contributed by atoms with Gasteiger partial charge in [-0.3, -0.25) is 9.36 Å². The molecule has 0 atom stereocenters. The van der Waals surface area contributed by atoms with E-state index in [0.717, 1.165) is 36.8 Å². The minimum Gasteiger partial charge on any atom is -0.342 e. The molecule has 0 spiro atoms. The number of hydrogen-bond acceptors (Lipinski definition) is 4. The second-order valence-electron chi connectivity index (χ2n) is 5.65. The van der Waals surface area contributed by atoms with Crippen molar-refractivity contribution in [3.05, 3.63) is 35.7 Å². The van der Waals surface area contributed by atoms with Gasteiger partial charge >= 0.3 is 0 Å². The van der Waals surface area contributed by atoms with Gasteiger partial charge in [0, 0.05) is 13.1 Å². The van der Waals surface area contributed by atoms with Gasteiger partial charge in [0.25, 0.3) is 0 Å². The van der Waals surface area contributed by atoms with Crippen LogP contribution in [-0.2, 0) is 4.79 Å². The van der Waals surface area contributed by atoms with Gasteiger partial charge in [-0.1, -0.05) is 29.5 Å². The first-order valence-corrected chi connectivity index (χ1v) is 8.52. The number of nitrogens with zero attached hydrogens (tertiary/aromatic N) is 4. The largest absolute Gasteiger partial charge is 0.342 e. The summed E-state index contributed by atoms with van der Waals surface area (Å²) in [6.07, 6.45) is 3.95. The molecule has 1 aliphatic rings. The van der Waals surface area contributed by atoms with E-state index in [0.29, 0.717) is 5.75 Å². The monoisotopic (exact) mass is 316 g/mol. The second-order valence-corrected chi connectivity index (χ2v) is 6.59. The van der Waals surface area contributed by atoms with Crippen molar-refractivity contribution >= 4 is 17.7 Å². The van der Waals surface area contributed by atoms with Crippen molar-refractivity contribution in [3.63, 3.8) is 0 Å². The van der Waals surface area contributed by atoms with E-state index in [4.69, 9.17) is 0 Å². The molecule has 3 rings (SSSR count). The number of likely N-dealkylation sites (tertiary alicyclic amines) is 1. The molecule has 0 bridgehead atoms. The lowest BCUT2D eigenvalue weighted by molar-refractivity contribution is -0.127. The molecule has 6 heteroatoms. The van der Waals surface area contributed by atoms with Gasteiger partial charge in [0.1, 0.15) is 6.33 Å². The third-order valence-electron chi connectivity index (χ3n) is 3.91. The molecule has 22 heavy (non-hydrogen) atoms. The molecule has 0 saturated carbocycles. The first-order chi connectivity index (χ1) is 10.6. The first kappa shape index (κ1) is 15.1. The highest BCUT2D eigenvalue weighted by Crippen LogP contribution is 2.23. The number of carbonyl (C=O) groups is 1. The molecule has 0 aliphatic carbocycles. The molecule has 0 unspecified atom stereocenters. The summed E-state index contributed by atoms with van der Waals surface area (Å²) in [4.78, 5) is 14.1. The molecule has 116 valence electrons. The highest BCUT2D eigenvalue weighted by molar-refractivity contribution is 7.99. The third kappa shape index (κ3) is 3.16. The zero-order valence-electron chi connectivity index (χ0n) is 13.0. The number of aryl methyl sites for hydroxylation is 2. The molecule has 1 saturated heterocycles. The predicted octanol–water partition coefficient (Wildman–Crippen LogP) is 2.60. The minimum absolute atomic E-state index is 0.192. The van der Waals surface area contributed by atoms with Crippen LogP contribution >= 0.6 is 11.8 Å². The lowest BCUT2D eigenvalue weighted by Gasteiger charge is -2.15. The number of rotatable bonds is 4. The molecule has 2 heterocycles. The summed E-state index contributed by atoms with van der Waals surface area (Å²) in [7, 11) is 0. The summed E-state index contributed by atoms with van der Waals surface area (Å²) in [5, 5.41) is 8.93. The summed E-state index contributed by atoms with van der Waals surface area (Å²) in [5.41, 5.74) is 3.46. The smallest absolute Gasteiger partial charge is 0.233 e. The number of thioether (sulfide) groups is 1. The number of aromatic nitrogens is 3. The Morgan fingerprint density at radius 1 is 1.27 bits per heavy atom. The molecule has 1 aromatic heterocycles. The van der Waals surface area contributed by atoms with Crippen molar-refractivity contribution in [1.29, 1.82) is 0 Å². The maximum Gasteiger partial charge on any atom is 0.233 e. The van der Waals surface area contributed by atoms with E-state index in [2.05, 4.69) is 42.2 Å². The van der Waals surface area contributed by atoms with E-state index in [-0.39, 0.29) is 5.91 Å². The Hall–Kier alpha value is -1.82. The van der Waals surface area contributed by atoms with Crippen LogP contribution in [0, 0.1) is 13.8 Å². The highest BCUT2D eigenvalue weighted by Gasteiger charge is 2.19. The maximum absolute atomic E-state index is 12.1. The molecule has 0 N–H and O–H groups in total. The fourth-order valence-corrected chi connectivity index (χ4v) is 3.57. The van der Waals surface area contributed by atoms with Crippen LogP contribution in [0.15, 0.2) is 29.7 Å². The average Bonchev–Trinajstić information content (AvgIpc) is 3.16. The number of carbonyl (C=O) groups excluding carboxylic acids is 1. The zero-order chi connectivity index (χ0) is 15.5. The number of hydrogen-bond donors (Lipinski definition) is 0. The SMILES string of the molecule is Cc1ccc(-n2cnnc2SCC(=O)N2CCCC2)c(C)c1. The normalized spacial score (nSPS) is 14.5. The Labute approximate surface area is 134 Å². The second kappa shape index (κ2) is 6.52. The molecule has 1 aromatic carbocycles. The summed E-state index contributed by atoms with van der Waals surface area (Å²) >= 11 is 1.45. The molecule has 1 amide bonds. The van der Waals surface area contributed by atoms with Gasteiger partial charge in [0.2, 0.25) is 5.91 Å². The van der Waals surface area contributed by atoms with Crippen LogP contribution in [0.4, 0.5) is 0 Å². The number of amides is 1. The minimum atomic E-state index is 0.192. The van der Waals surface area contributed by atoms with Crippen molar-refractivity contribution in [2.45, 2.75) is 31.8 Å². The topological polar surface area (TPSA) is 51.0 Å². The first-order valence-electron chi connectivity index (χ1n) is 7.53. The highest BCUT2D eigenvalue weighted by atomic mass is 32.2. The predicted molar refractivity (Wildman–Crippen MR) is 87.4 cm³/mol. The Morgan fingerprint density at radius 2 is 2.05 bits per heavy atom. The molecular weight excluding hydrogens is 296 g/mol. The maximum atomic E-state index is 12.1. The van der Waals surface area contributed by atoms with Crippen molar-refractivity contribution in [2.24, 2.45) is 0 Å². The Kier molecular flexibility index (Phi) is 4.47. The van der Waals surface area contributed by atoms with Crippen LogP contribution in [0.1, 0.15) is 24.0 Å². The molecule has 1 aliphatic heterocycles. The quantitative estimate of drug-likeness (QED) is 0.814. The third-order valence-corrected chi connectivity index (χ3v) is 4.84. The van der Waals surface area contributed by atoms with Crippen LogP contribution in [0.2, 0.25) is 0 Å². The lowest BCUT2D eigenvalue weighted by atomic mass is 10.1. The zero-order valence-corrected chi connectivity index (χ0v) is 13.8. The van der Waals surface area contributed by atoms with Gasteiger partial charge in [-0.15, -0.1) is 10.2 Å². The van der Waals surface area contributed by atoms with Gasteiger partial charge in [-0.2, -0.15) is 0 Å².